The first-order valence-corrected chi connectivity index (χ1v) is 8.03. The molecule has 22 heavy (non-hydrogen) atoms. The molecule has 0 amide bonds. The minimum Gasteiger partial charge on any atom is -0.481 e. The summed E-state index contributed by atoms with van der Waals surface area (Å²) < 4.78 is 0. The summed E-state index contributed by atoms with van der Waals surface area (Å²) in [4.78, 5) is 11.3. The molecule has 1 aliphatic carbocycles. The largest absolute Gasteiger partial charge is 0.481 e. The lowest BCUT2D eigenvalue weighted by atomic mass is 9.83. The molecule has 2 aromatic rings. The third-order valence-corrected chi connectivity index (χ3v) is 4.63. The molecule has 1 aliphatic rings. The molecule has 1 atom stereocenters. The van der Waals surface area contributed by atoms with Crippen LogP contribution in [0.3, 0.4) is 0 Å². The van der Waals surface area contributed by atoms with Gasteiger partial charge in [-0.2, -0.15) is 0 Å². The van der Waals surface area contributed by atoms with Gasteiger partial charge in [0.15, 0.2) is 0 Å². The second-order valence-electron chi connectivity index (χ2n) is 6.30. The van der Waals surface area contributed by atoms with Crippen molar-refractivity contribution in [1.82, 2.24) is 0 Å². The SMILES string of the molecule is Cc1ccc(C(CC(=O)O)c2ccc3c(c2)CCCC3)cc1. The van der Waals surface area contributed by atoms with Gasteiger partial charge in [0.25, 0.3) is 0 Å². The van der Waals surface area contributed by atoms with Gasteiger partial charge < -0.3 is 5.11 Å². The molecule has 2 aromatic carbocycles. The fourth-order valence-corrected chi connectivity index (χ4v) is 3.37. The van der Waals surface area contributed by atoms with Crippen molar-refractivity contribution in [2.24, 2.45) is 0 Å². The molecule has 2 heteroatoms. The van der Waals surface area contributed by atoms with E-state index in [-0.39, 0.29) is 12.3 Å². The van der Waals surface area contributed by atoms with E-state index in [0.717, 1.165) is 24.0 Å². The van der Waals surface area contributed by atoms with Crippen LogP contribution >= 0.6 is 0 Å². The Morgan fingerprint density at radius 1 is 1.00 bits per heavy atom. The number of fused-ring (bicyclic) bond motifs is 1. The number of hydrogen-bond acceptors (Lipinski definition) is 1. The van der Waals surface area contributed by atoms with Crippen LogP contribution in [0.5, 0.6) is 0 Å². The summed E-state index contributed by atoms with van der Waals surface area (Å²) in [5, 5.41) is 9.30. The summed E-state index contributed by atoms with van der Waals surface area (Å²) >= 11 is 0. The molecule has 1 N–H and O–H groups in total. The normalized spacial score (nSPS) is 15.1. The van der Waals surface area contributed by atoms with E-state index in [1.807, 2.05) is 0 Å². The van der Waals surface area contributed by atoms with Crippen LogP contribution in [0.25, 0.3) is 0 Å². The van der Waals surface area contributed by atoms with Crippen molar-refractivity contribution in [2.75, 3.05) is 0 Å². The lowest BCUT2D eigenvalue weighted by molar-refractivity contribution is -0.137. The Balaban J connectivity index is 1.98. The average molecular weight is 294 g/mol. The van der Waals surface area contributed by atoms with Crippen LogP contribution < -0.4 is 0 Å². The molecular formula is C20H22O2. The number of hydrogen-bond donors (Lipinski definition) is 1. The zero-order valence-electron chi connectivity index (χ0n) is 13.0. The summed E-state index contributed by atoms with van der Waals surface area (Å²) in [7, 11) is 0. The lowest BCUT2D eigenvalue weighted by Gasteiger charge is -2.21. The number of benzene rings is 2. The number of aryl methyl sites for hydroxylation is 3. The highest BCUT2D eigenvalue weighted by Gasteiger charge is 2.19. The van der Waals surface area contributed by atoms with Gasteiger partial charge in [-0.05, 0) is 54.9 Å². The van der Waals surface area contributed by atoms with Crippen LogP contribution in [0.15, 0.2) is 42.5 Å². The van der Waals surface area contributed by atoms with E-state index in [1.165, 1.54) is 29.5 Å². The Morgan fingerprint density at radius 3 is 2.32 bits per heavy atom. The number of carboxylic acid groups (broad SMARTS) is 1. The molecular weight excluding hydrogens is 272 g/mol. The van der Waals surface area contributed by atoms with E-state index in [1.54, 1.807) is 0 Å². The Labute approximate surface area is 131 Å². The van der Waals surface area contributed by atoms with Crippen LogP contribution in [0.1, 0.15) is 53.0 Å². The zero-order valence-corrected chi connectivity index (χ0v) is 13.0. The predicted octanol–water partition coefficient (Wildman–Crippen LogP) is 4.48. The first kappa shape index (κ1) is 14.8. The van der Waals surface area contributed by atoms with Gasteiger partial charge in [0.05, 0.1) is 6.42 Å². The van der Waals surface area contributed by atoms with Gasteiger partial charge in [-0.25, -0.2) is 0 Å². The van der Waals surface area contributed by atoms with Gasteiger partial charge in [-0.3, -0.25) is 4.79 Å². The smallest absolute Gasteiger partial charge is 0.304 e. The standard InChI is InChI=1S/C20H22O2/c1-14-6-8-16(9-7-14)19(13-20(21)22)18-11-10-15-4-2-3-5-17(15)12-18/h6-12,19H,2-5,13H2,1H3,(H,21,22). The number of rotatable bonds is 4. The molecule has 0 radical (unpaired) electrons. The monoisotopic (exact) mass is 294 g/mol. The van der Waals surface area contributed by atoms with Gasteiger partial charge in [-0.1, -0.05) is 48.0 Å². The van der Waals surface area contributed by atoms with Crippen molar-refractivity contribution in [1.29, 1.82) is 0 Å². The van der Waals surface area contributed by atoms with Crippen LogP contribution in [-0.4, -0.2) is 11.1 Å². The first-order valence-electron chi connectivity index (χ1n) is 8.03. The molecule has 0 heterocycles. The zero-order chi connectivity index (χ0) is 15.5. The van der Waals surface area contributed by atoms with E-state index < -0.39 is 5.97 Å². The summed E-state index contributed by atoms with van der Waals surface area (Å²) in [5.41, 5.74) is 6.26. The molecule has 3 rings (SSSR count). The molecule has 0 fully saturated rings. The number of carbonyl (C=O) groups is 1. The van der Waals surface area contributed by atoms with Crippen LogP contribution in [0.2, 0.25) is 0 Å². The maximum absolute atomic E-state index is 11.3. The number of aliphatic carboxylic acids is 1. The van der Waals surface area contributed by atoms with Crippen molar-refractivity contribution >= 4 is 5.97 Å². The summed E-state index contributed by atoms with van der Waals surface area (Å²) in [6, 6.07) is 14.8. The topological polar surface area (TPSA) is 37.3 Å². The quantitative estimate of drug-likeness (QED) is 0.902. The van der Waals surface area contributed by atoms with Gasteiger partial charge >= 0.3 is 5.97 Å². The summed E-state index contributed by atoms with van der Waals surface area (Å²) in [6.45, 7) is 2.05. The van der Waals surface area contributed by atoms with E-state index in [0.29, 0.717) is 0 Å². The maximum atomic E-state index is 11.3. The Morgan fingerprint density at radius 2 is 1.64 bits per heavy atom. The third-order valence-electron chi connectivity index (χ3n) is 4.63. The van der Waals surface area contributed by atoms with E-state index in [4.69, 9.17) is 0 Å². The van der Waals surface area contributed by atoms with Crippen LogP contribution in [0, 0.1) is 6.92 Å². The van der Waals surface area contributed by atoms with Crippen molar-refractivity contribution in [3.8, 4) is 0 Å². The van der Waals surface area contributed by atoms with Gasteiger partial charge in [0.1, 0.15) is 0 Å². The molecule has 0 saturated carbocycles. The first-order chi connectivity index (χ1) is 10.6. The van der Waals surface area contributed by atoms with Gasteiger partial charge in [0.2, 0.25) is 0 Å². The minimum absolute atomic E-state index is 0.0645. The summed E-state index contributed by atoms with van der Waals surface area (Å²) in [5.74, 6) is -0.811. The second-order valence-corrected chi connectivity index (χ2v) is 6.30. The molecule has 0 aromatic heterocycles. The Hall–Kier alpha value is -2.09. The molecule has 0 bridgehead atoms. The predicted molar refractivity (Wildman–Crippen MR) is 88.4 cm³/mol. The second kappa shape index (κ2) is 6.35. The number of carboxylic acids is 1. The van der Waals surface area contributed by atoms with Crippen LogP contribution in [0.4, 0.5) is 0 Å². The molecule has 0 aliphatic heterocycles. The maximum Gasteiger partial charge on any atom is 0.304 e. The fraction of sp³-hybridized carbons (Fsp3) is 0.350. The fourth-order valence-electron chi connectivity index (χ4n) is 3.37. The van der Waals surface area contributed by atoms with Crippen molar-refractivity contribution < 1.29 is 9.90 Å². The molecule has 1 unspecified atom stereocenters. The molecule has 0 saturated heterocycles. The van der Waals surface area contributed by atoms with Gasteiger partial charge in [-0.15, -0.1) is 0 Å². The van der Waals surface area contributed by atoms with Crippen molar-refractivity contribution in [2.45, 2.75) is 44.9 Å². The highest BCUT2D eigenvalue weighted by atomic mass is 16.4. The summed E-state index contributed by atoms with van der Waals surface area (Å²) in [6.07, 6.45) is 4.93. The Bertz CT molecular complexity index is 671. The average Bonchev–Trinajstić information content (AvgIpc) is 2.53. The van der Waals surface area contributed by atoms with Crippen LogP contribution in [-0.2, 0) is 17.6 Å². The van der Waals surface area contributed by atoms with Crippen molar-refractivity contribution in [3.05, 3.63) is 70.3 Å². The lowest BCUT2D eigenvalue weighted by Crippen LogP contribution is -2.10. The van der Waals surface area contributed by atoms with Crippen molar-refractivity contribution in [3.63, 3.8) is 0 Å². The highest BCUT2D eigenvalue weighted by Crippen LogP contribution is 2.31. The molecule has 2 nitrogen and oxygen atoms in total. The van der Waals surface area contributed by atoms with E-state index in [2.05, 4.69) is 49.4 Å². The minimum atomic E-state index is -0.747. The highest BCUT2D eigenvalue weighted by molar-refractivity contribution is 5.69. The Kier molecular flexibility index (Phi) is 4.28. The van der Waals surface area contributed by atoms with E-state index >= 15 is 0 Å². The molecule has 0 spiro atoms. The molecule has 114 valence electrons. The third kappa shape index (κ3) is 3.22. The van der Waals surface area contributed by atoms with Gasteiger partial charge in [0, 0.05) is 5.92 Å². The van der Waals surface area contributed by atoms with E-state index in [9.17, 15) is 9.90 Å².